The number of aliphatic hydroxyl groups excluding tert-OH is 2. The number of fused-ring (bicyclic) bond motifs is 6. The number of imidazole rings is 1. The minimum absolute atomic E-state index is 0.0262. The number of amides is 4. The van der Waals surface area contributed by atoms with Crippen LogP contribution in [0.2, 0.25) is 0 Å². The number of aliphatic hydroxyl groups is 2. The van der Waals surface area contributed by atoms with Crippen molar-refractivity contribution in [2.24, 2.45) is 0 Å². The summed E-state index contributed by atoms with van der Waals surface area (Å²) in [4.78, 5) is 65.0. The van der Waals surface area contributed by atoms with Crippen LogP contribution in [0.4, 0.5) is 0 Å². The van der Waals surface area contributed by atoms with Gasteiger partial charge in [-0.05, 0) is 6.42 Å². The summed E-state index contributed by atoms with van der Waals surface area (Å²) in [6.07, 6.45) is -1.07. The number of carbonyl (C=O) groups is 4. The van der Waals surface area contributed by atoms with E-state index in [0.29, 0.717) is 25.3 Å². The molecule has 39 heavy (non-hydrogen) atoms. The van der Waals surface area contributed by atoms with Crippen molar-refractivity contribution in [1.82, 2.24) is 35.3 Å². The molecule has 4 saturated heterocycles. The molecular formula is C24H35N7O8. The van der Waals surface area contributed by atoms with Crippen molar-refractivity contribution in [3.8, 4) is 0 Å². The number of methoxy groups -OCH3 is 1. The maximum absolute atomic E-state index is 13.8. The lowest BCUT2D eigenvalue weighted by Gasteiger charge is -2.42. The fourth-order valence-electron chi connectivity index (χ4n) is 5.89. The van der Waals surface area contributed by atoms with E-state index >= 15 is 0 Å². The van der Waals surface area contributed by atoms with Gasteiger partial charge in [0.05, 0.1) is 31.7 Å². The topological polar surface area (TPSA) is 190 Å². The number of H-pyrrole nitrogens is 1. The Balaban J connectivity index is 1.42. The zero-order chi connectivity index (χ0) is 27.7. The Kier molecular flexibility index (Phi) is 8.13. The third-order valence-corrected chi connectivity index (χ3v) is 7.87. The highest BCUT2D eigenvalue weighted by Gasteiger charge is 2.46. The van der Waals surface area contributed by atoms with Crippen molar-refractivity contribution in [1.29, 1.82) is 0 Å². The van der Waals surface area contributed by atoms with Crippen LogP contribution < -0.4 is 10.6 Å². The molecule has 5 rings (SSSR count). The van der Waals surface area contributed by atoms with E-state index in [1.165, 1.54) is 12.0 Å². The van der Waals surface area contributed by atoms with Crippen molar-refractivity contribution in [2.75, 3.05) is 46.4 Å². The number of hydrogen-bond donors (Lipinski definition) is 5. The SMILES string of the molecule is COCC(=O)N1CCN2C[C@H]1C(=O)NC[C@H]1O[C@@H](CC(=O)N[C@H]3C[C@@H](C2=O)N(Cc2ncc[nH]2)C3)[C@H](O)[C@@H]1O. The van der Waals surface area contributed by atoms with Crippen molar-refractivity contribution >= 4 is 23.6 Å². The van der Waals surface area contributed by atoms with Crippen LogP contribution in [0.3, 0.4) is 0 Å². The summed E-state index contributed by atoms with van der Waals surface area (Å²) in [6, 6.07) is -1.91. The number of carbonyl (C=O) groups excluding carboxylic acids is 4. The van der Waals surface area contributed by atoms with E-state index in [1.54, 1.807) is 17.3 Å². The molecule has 0 aromatic carbocycles. The van der Waals surface area contributed by atoms with E-state index in [0.717, 1.165) is 0 Å². The van der Waals surface area contributed by atoms with E-state index in [9.17, 15) is 29.4 Å². The summed E-state index contributed by atoms with van der Waals surface area (Å²) in [6.45, 7) is 0.730. The molecule has 1 aromatic heterocycles. The van der Waals surface area contributed by atoms with Crippen LogP contribution in [-0.4, -0.2) is 147 Å². The van der Waals surface area contributed by atoms with E-state index in [4.69, 9.17) is 9.47 Å². The summed E-state index contributed by atoms with van der Waals surface area (Å²) >= 11 is 0. The lowest BCUT2D eigenvalue weighted by atomic mass is 10.0. The third kappa shape index (κ3) is 5.77. The highest BCUT2D eigenvalue weighted by Crippen LogP contribution is 2.26. The van der Waals surface area contributed by atoms with Crippen molar-refractivity contribution in [3.05, 3.63) is 18.2 Å². The van der Waals surface area contributed by atoms with Crippen LogP contribution in [0, 0.1) is 0 Å². The Labute approximate surface area is 224 Å². The molecular weight excluding hydrogens is 514 g/mol. The second kappa shape index (κ2) is 11.6. The summed E-state index contributed by atoms with van der Waals surface area (Å²) in [5.41, 5.74) is 0. The Morgan fingerprint density at radius 3 is 2.69 bits per heavy atom. The van der Waals surface area contributed by atoms with Gasteiger partial charge in [0.2, 0.25) is 23.6 Å². The first-order chi connectivity index (χ1) is 18.7. The zero-order valence-corrected chi connectivity index (χ0v) is 21.7. The second-order valence-electron chi connectivity index (χ2n) is 10.4. The van der Waals surface area contributed by atoms with Crippen LogP contribution >= 0.6 is 0 Å². The van der Waals surface area contributed by atoms with Crippen LogP contribution in [-0.2, 0) is 35.2 Å². The lowest BCUT2D eigenvalue weighted by Crippen LogP contribution is -2.64. The molecule has 214 valence electrons. The van der Waals surface area contributed by atoms with E-state index in [2.05, 4.69) is 20.6 Å². The van der Waals surface area contributed by atoms with Crippen molar-refractivity contribution in [2.45, 2.75) is 61.9 Å². The number of nitrogens with zero attached hydrogens (tertiary/aromatic N) is 4. The molecule has 0 radical (unpaired) electrons. The van der Waals surface area contributed by atoms with Gasteiger partial charge in [-0.1, -0.05) is 0 Å². The number of likely N-dealkylation sites (tertiary alicyclic amines) is 1. The smallest absolute Gasteiger partial charge is 0.249 e. The van der Waals surface area contributed by atoms with Gasteiger partial charge >= 0.3 is 0 Å². The molecule has 5 N–H and O–H groups in total. The quantitative estimate of drug-likeness (QED) is 0.249. The van der Waals surface area contributed by atoms with Crippen LogP contribution in [0.1, 0.15) is 18.7 Å². The molecule has 4 fully saturated rings. The highest BCUT2D eigenvalue weighted by molar-refractivity contribution is 5.90. The fourth-order valence-corrected chi connectivity index (χ4v) is 5.89. The summed E-state index contributed by atoms with van der Waals surface area (Å²) in [5, 5.41) is 26.6. The van der Waals surface area contributed by atoms with Gasteiger partial charge in [0.15, 0.2) is 0 Å². The van der Waals surface area contributed by atoms with Gasteiger partial charge in [0.1, 0.15) is 36.8 Å². The maximum Gasteiger partial charge on any atom is 0.249 e. The molecule has 1 aromatic rings. The molecule has 7 atom stereocenters. The monoisotopic (exact) mass is 549 g/mol. The normalized spacial score (nSPS) is 34.2. The Morgan fingerprint density at radius 2 is 1.95 bits per heavy atom. The molecule has 6 bridgehead atoms. The zero-order valence-electron chi connectivity index (χ0n) is 21.7. The Hall–Kier alpha value is -3.11. The summed E-state index contributed by atoms with van der Waals surface area (Å²) < 4.78 is 10.7. The Bertz CT molecular complexity index is 1070. The van der Waals surface area contributed by atoms with E-state index in [-0.39, 0.29) is 63.0 Å². The predicted molar refractivity (Wildman–Crippen MR) is 132 cm³/mol. The Morgan fingerprint density at radius 1 is 1.15 bits per heavy atom. The molecule has 5 heterocycles. The highest BCUT2D eigenvalue weighted by atomic mass is 16.5. The largest absolute Gasteiger partial charge is 0.388 e. The molecule has 0 spiro atoms. The summed E-state index contributed by atoms with van der Waals surface area (Å²) in [7, 11) is 1.39. The predicted octanol–water partition coefficient (Wildman–Crippen LogP) is -3.84. The fraction of sp³-hybridized carbons (Fsp3) is 0.708. The average molecular weight is 550 g/mol. The number of aromatic amines is 1. The molecule has 4 aliphatic heterocycles. The molecule has 4 amide bonds. The molecule has 15 nitrogen and oxygen atoms in total. The van der Waals surface area contributed by atoms with Crippen LogP contribution in [0.5, 0.6) is 0 Å². The first-order valence-electron chi connectivity index (χ1n) is 13.1. The molecule has 15 heteroatoms. The van der Waals surface area contributed by atoms with Gasteiger partial charge < -0.3 is 45.1 Å². The number of hydrogen-bond acceptors (Lipinski definition) is 10. The second-order valence-corrected chi connectivity index (χ2v) is 10.4. The molecule has 0 saturated carbocycles. The van der Waals surface area contributed by atoms with E-state index in [1.807, 2.05) is 4.90 Å². The van der Waals surface area contributed by atoms with Gasteiger partial charge in [0, 0.05) is 51.7 Å². The molecule has 0 aliphatic carbocycles. The number of aromatic nitrogens is 2. The molecule has 4 aliphatic rings. The van der Waals surface area contributed by atoms with Crippen LogP contribution in [0.15, 0.2) is 12.4 Å². The first kappa shape index (κ1) is 27.5. The van der Waals surface area contributed by atoms with Gasteiger partial charge in [-0.25, -0.2) is 4.98 Å². The maximum atomic E-state index is 13.8. The summed E-state index contributed by atoms with van der Waals surface area (Å²) in [5.74, 6) is -0.803. The molecule has 0 unspecified atom stereocenters. The number of nitrogens with one attached hydrogen (secondary N) is 3. The number of ether oxygens (including phenoxy) is 2. The van der Waals surface area contributed by atoms with Gasteiger partial charge in [0.25, 0.3) is 0 Å². The standard InChI is InChI=1S/C24H35N7O8/c1-38-12-20(33)31-5-4-29-10-15(31)23(36)27-8-17-22(35)21(34)16(39-17)7-19(32)28-13-6-14(24(29)37)30(9-13)11-18-25-2-3-26-18/h2-3,13-17,21-22,34-35H,4-12H2,1H3,(H,25,26)(H,27,36)(H,28,32)/t13-,14-,15-,16-,17+,21-,22+/m0/s1. The average Bonchev–Trinajstić information content (AvgIpc) is 3.63. The van der Waals surface area contributed by atoms with E-state index < -0.39 is 42.4 Å². The number of rotatable bonds is 4. The van der Waals surface area contributed by atoms with Crippen molar-refractivity contribution in [3.63, 3.8) is 0 Å². The van der Waals surface area contributed by atoms with Gasteiger partial charge in [-0.2, -0.15) is 0 Å². The minimum Gasteiger partial charge on any atom is -0.388 e. The first-order valence-corrected chi connectivity index (χ1v) is 13.1. The van der Waals surface area contributed by atoms with Crippen molar-refractivity contribution < 1.29 is 38.9 Å². The van der Waals surface area contributed by atoms with Crippen LogP contribution in [0.25, 0.3) is 0 Å². The third-order valence-electron chi connectivity index (χ3n) is 7.87. The minimum atomic E-state index is -1.31. The van der Waals surface area contributed by atoms with Gasteiger partial charge in [-0.15, -0.1) is 0 Å². The lowest BCUT2D eigenvalue weighted by molar-refractivity contribution is -0.152. The number of piperazine rings is 1. The van der Waals surface area contributed by atoms with Gasteiger partial charge in [-0.3, -0.25) is 24.1 Å².